The molecule has 0 aromatic carbocycles. The molecule has 0 fully saturated rings. The Balaban J connectivity index is 2.88. The van der Waals surface area contributed by atoms with Gasteiger partial charge in [0.05, 0.1) is 6.34 Å². The van der Waals surface area contributed by atoms with Gasteiger partial charge in [-0.1, -0.05) is 19.8 Å². The van der Waals surface area contributed by atoms with Crippen LogP contribution in [-0.2, 0) is 0 Å². The highest BCUT2D eigenvalue weighted by molar-refractivity contribution is 5.53. The highest BCUT2D eigenvalue weighted by atomic mass is 15.5. The van der Waals surface area contributed by atoms with Crippen LogP contribution in [0, 0.1) is 0 Å². The van der Waals surface area contributed by atoms with E-state index < -0.39 is 0 Å². The number of hydrogen-bond donors (Lipinski definition) is 3. The molecule has 60 valence electrons. The summed E-state index contributed by atoms with van der Waals surface area (Å²) in [5, 5.41) is 0. The first-order valence-electron chi connectivity index (χ1n) is 3.61. The van der Waals surface area contributed by atoms with Crippen LogP contribution in [0.2, 0.25) is 0 Å². The van der Waals surface area contributed by atoms with Crippen molar-refractivity contribution in [3.05, 3.63) is 0 Å². The number of unbranched alkanes of at least 4 members (excludes halogenated alkanes) is 2. The first kappa shape index (κ1) is 9.39. The van der Waals surface area contributed by atoms with Crippen LogP contribution in [0.3, 0.4) is 0 Å². The molecular weight excluding hydrogens is 128 g/mol. The maximum Gasteiger partial charge on any atom is 0.0976 e. The topological polar surface area (TPSA) is 62.4 Å². The Labute approximate surface area is 61.8 Å². The largest absolute Gasteiger partial charge is 0.299 e. The summed E-state index contributed by atoms with van der Waals surface area (Å²) >= 11 is 0. The van der Waals surface area contributed by atoms with Gasteiger partial charge in [-0.05, 0) is 6.42 Å². The summed E-state index contributed by atoms with van der Waals surface area (Å²) in [6.45, 7) is 3.05. The summed E-state index contributed by atoms with van der Waals surface area (Å²) in [6, 6.07) is 0. The van der Waals surface area contributed by atoms with E-state index in [-0.39, 0.29) is 0 Å². The Hall–Kier alpha value is -0.610. The fourth-order valence-electron chi connectivity index (χ4n) is 0.601. The number of hydrazine groups is 2. The third-order valence-electron chi connectivity index (χ3n) is 1.13. The maximum absolute atomic E-state index is 4.92. The Morgan fingerprint density at radius 1 is 1.50 bits per heavy atom. The second-order valence-corrected chi connectivity index (χ2v) is 2.03. The minimum Gasteiger partial charge on any atom is -0.299 e. The van der Waals surface area contributed by atoms with Crippen molar-refractivity contribution >= 4 is 6.34 Å². The molecule has 0 atom stereocenters. The molecule has 0 saturated carbocycles. The molecule has 0 aromatic heterocycles. The van der Waals surface area contributed by atoms with Crippen LogP contribution in [0.5, 0.6) is 0 Å². The summed E-state index contributed by atoms with van der Waals surface area (Å²) < 4.78 is 0. The van der Waals surface area contributed by atoms with Gasteiger partial charge < -0.3 is 0 Å². The normalized spacial score (nSPS) is 10.6. The van der Waals surface area contributed by atoms with Gasteiger partial charge in [-0.25, -0.2) is 0 Å². The van der Waals surface area contributed by atoms with Crippen molar-refractivity contribution in [3.63, 3.8) is 0 Å². The van der Waals surface area contributed by atoms with E-state index in [0.717, 1.165) is 13.0 Å². The Bertz CT molecular complexity index is 81.8. The quantitative estimate of drug-likeness (QED) is 0.164. The first-order valence-corrected chi connectivity index (χ1v) is 3.61. The number of hydrogen-bond acceptors (Lipinski definition) is 3. The van der Waals surface area contributed by atoms with Crippen molar-refractivity contribution in [2.45, 2.75) is 26.2 Å². The van der Waals surface area contributed by atoms with E-state index in [4.69, 9.17) is 5.84 Å². The molecule has 0 amide bonds. The van der Waals surface area contributed by atoms with Crippen molar-refractivity contribution in [2.75, 3.05) is 6.54 Å². The second-order valence-electron chi connectivity index (χ2n) is 2.03. The number of nitrogens with one attached hydrogen (secondary N) is 2. The van der Waals surface area contributed by atoms with Crippen molar-refractivity contribution in [1.82, 2.24) is 11.0 Å². The highest BCUT2D eigenvalue weighted by Crippen LogP contribution is 1.92. The third kappa shape index (κ3) is 7.39. The van der Waals surface area contributed by atoms with Crippen LogP contribution >= 0.6 is 0 Å². The molecule has 0 aliphatic rings. The lowest BCUT2D eigenvalue weighted by Crippen LogP contribution is -2.36. The summed E-state index contributed by atoms with van der Waals surface area (Å²) in [6.07, 6.45) is 5.19. The predicted octanol–water partition coefficient (Wildman–Crippen LogP) is 0.173. The molecule has 0 radical (unpaired) electrons. The average Bonchev–Trinajstić information content (AvgIpc) is 1.97. The van der Waals surface area contributed by atoms with Gasteiger partial charge in [0.25, 0.3) is 0 Å². The van der Waals surface area contributed by atoms with Crippen molar-refractivity contribution in [1.29, 1.82) is 0 Å². The van der Waals surface area contributed by atoms with Gasteiger partial charge in [-0.15, -0.1) is 0 Å². The predicted molar refractivity (Wildman–Crippen MR) is 43.3 cm³/mol. The van der Waals surface area contributed by atoms with Gasteiger partial charge in [-0.2, -0.15) is 5.53 Å². The molecule has 0 aliphatic carbocycles. The monoisotopic (exact) mass is 144 g/mol. The molecule has 0 unspecified atom stereocenters. The number of rotatable bonds is 6. The van der Waals surface area contributed by atoms with Gasteiger partial charge in [0.15, 0.2) is 0 Å². The molecule has 0 aliphatic heterocycles. The smallest absolute Gasteiger partial charge is 0.0976 e. The van der Waals surface area contributed by atoms with Crippen LogP contribution in [0.25, 0.3) is 0 Å². The van der Waals surface area contributed by atoms with Gasteiger partial charge >= 0.3 is 0 Å². The Kier molecular flexibility index (Phi) is 7.88. The average molecular weight is 144 g/mol. The Morgan fingerprint density at radius 3 is 2.90 bits per heavy atom. The second kappa shape index (κ2) is 8.39. The lowest BCUT2D eigenvalue weighted by Gasteiger charge is -1.94. The third-order valence-corrected chi connectivity index (χ3v) is 1.13. The molecule has 0 spiro atoms. The van der Waals surface area contributed by atoms with Crippen molar-refractivity contribution < 1.29 is 0 Å². The van der Waals surface area contributed by atoms with E-state index in [1.165, 1.54) is 12.8 Å². The standard InChI is InChI=1S/C6H16N4/c1-2-3-4-5-8-6-9-10-7/h6,10H,2-5,7H2,1H3,(H,8,9). The zero-order chi connectivity index (χ0) is 7.66. The van der Waals surface area contributed by atoms with Crippen LogP contribution < -0.4 is 16.8 Å². The number of nitrogens with zero attached hydrogens (tertiary/aromatic N) is 1. The van der Waals surface area contributed by atoms with E-state index in [9.17, 15) is 0 Å². The van der Waals surface area contributed by atoms with Gasteiger partial charge in [0.1, 0.15) is 0 Å². The summed E-state index contributed by atoms with van der Waals surface area (Å²) in [5.74, 6) is 4.92. The molecular formula is C6H16N4. The molecule has 0 bridgehead atoms. The van der Waals surface area contributed by atoms with E-state index in [2.05, 4.69) is 22.9 Å². The summed E-state index contributed by atoms with van der Waals surface area (Å²) in [7, 11) is 0. The molecule has 10 heavy (non-hydrogen) atoms. The SMILES string of the molecule is CCCCCN=CNNN. The van der Waals surface area contributed by atoms with E-state index in [0.29, 0.717) is 0 Å². The lowest BCUT2D eigenvalue weighted by atomic mass is 10.2. The molecule has 4 heteroatoms. The maximum atomic E-state index is 4.92. The highest BCUT2D eigenvalue weighted by Gasteiger charge is 1.80. The zero-order valence-corrected chi connectivity index (χ0v) is 6.43. The summed E-state index contributed by atoms with van der Waals surface area (Å²) in [5.41, 5.74) is 4.82. The van der Waals surface area contributed by atoms with Gasteiger partial charge in [0.2, 0.25) is 0 Å². The van der Waals surface area contributed by atoms with E-state index in [1.54, 1.807) is 6.34 Å². The van der Waals surface area contributed by atoms with Crippen molar-refractivity contribution in [2.24, 2.45) is 10.8 Å². The van der Waals surface area contributed by atoms with E-state index in [1.807, 2.05) is 0 Å². The molecule has 4 N–H and O–H groups in total. The van der Waals surface area contributed by atoms with Gasteiger partial charge in [-0.3, -0.25) is 16.3 Å². The molecule has 4 nitrogen and oxygen atoms in total. The fourth-order valence-corrected chi connectivity index (χ4v) is 0.601. The fraction of sp³-hybridized carbons (Fsp3) is 0.833. The first-order chi connectivity index (χ1) is 4.91. The molecule has 0 saturated heterocycles. The molecule has 0 aromatic rings. The minimum absolute atomic E-state index is 0.878. The van der Waals surface area contributed by atoms with E-state index >= 15 is 0 Å². The van der Waals surface area contributed by atoms with Crippen LogP contribution in [0.4, 0.5) is 0 Å². The lowest BCUT2D eigenvalue weighted by molar-refractivity contribution is 0.694. The minimum atomic E-state index is 0.878. The zero-order valence-electron chi connectivity index (χ0n) is 6.43. The number of nitrogens with two attached hydrogens (primary N) is 1. The molecule has 0 rings (SSSR count). The molecule has 0 heterocycles. The van der Waals surface area contributed by atoms with Crippen LogP contribution in [-0.4, -0.2) is 12.9 Å². The van der Waals surface area contributed by atoms with Crippen LogP contribution in [0.15, 0.2) is 4.99 Å². The van der Waals surface area contributed by atoms with Crippen LogP contribution in [0.1, 0.15) is 26.2 Å². The summed E-state index contributed by atoms with van der Waals surface area (Å²) in [4.78, 5) is 4.02. The Morgan fingerprint density at radius 2 is 2.30 bits per heavy atom. The number of aliphatic imine (C=N–C) groups is 1. The van der Waals surface area contributed by atoms with Crippen molar-refractivity contribution in [3.8, 4) is 0 Å². The van der Waals surface area contributed by atoms with Gasteiger partial charge in [0, 0.05) is 6.54 Å².